The van der Waals surface area contributed by atoms with Gasteiger partial charge in [-0.05, 0) is 28.8 Å². The summed E-state index contributed by atoms with van der Waals surface area (Å²) in [4.78, 5) is 2.03. The van der Waals surface area contributed by atoms with E-state index in [4.69, 9.17) is 5.41 Å². The first-order valence-corrected chi connectivity index (χ1v) is 3.59. The average molecular weight is 177 g/mol. The monoisotopic (exact) mass is 176 g/mol. The van der Waals surface area contributed by atoms with Crippen LogP contribution in [0.5, 0.6) is 0 Å². The maximum Gasteiger partial charge on any atom is 0.165 e. The normalized spacial score (nSPS) is 19.4. The number of likely N-dealkylation sites (tertiary alicyclic amines) is 1. The summed E-state index contributed by atoms with van der Waals surface area (Å²) in [6.45, 7) is 2.12. The van der Waals surface area contributed by atoms with Crippen molar-refractivity contribution < 1.29 is 0 Å². The molecule has 1 aliphatic heterocycles. The Balaban J connectivity index is 2.35. The van der Waals surface area contributed by atoms with Crippen LogP contribution in [0.4, 0.5) is 0 Å². The van der Waals surface area contributed by atoms with Crippen LogP contribution in [0.3, 0.4) is 0 Å². The highest BCUT2D eigenvalue weighted by Crippen LogP contribution is 2.09. The molecule has 0 spiro atoms. The van der Waals surface area contributed by atoms with Crippen LogP contribution >= 0.6 is 15.9 Å². The third-order valence-corrected chi connectivity index (χ3v) is 1.89. The van der Waals surface area contributed by atoms with Gasteiger partial charge in [0.1, 0.15) is 0 Å². The van der Waals surface area contributed by atoms with Gasteiger partial charge >= 0.3 is 0 Å². The molecule has 1 fully saturated rings. The third kappa shape index (κ3) is 1.22. The number of hydrogen-bond acceptors (Lipinski definition) is 1. The molecule has 0 saturated carbocycles. The highest BCUT2D eigenvalue weighted by atomic mass is 79.9. The first-order chi connectivity index (χ1) is 3.80. The van der Waals surface area contributed by atoms with Crippen molar-refractivity contribution in [1.82, 2.24) is 4.90 Å². The Morgan fingerprint density at radius 3 is 2.12 bits per heavy atom. The molecule has 0 unspecified atom stereocenters. The van der Waals surface area contributed by atoms with Crippen LogP contribution in [-0.2, 0) is 0 Å². The zero-order valence-corrected chi connectivity index (χ0v) is 6.24. The fraction of sp³-hybridized carbons (Fsp3) is 0.800. The number of nitrogens with zero attached hydrogens (tertiary/aromatic N) is 1. The fourth-order valence-corrected chi connectivity index (χ4v) is 1.27. The fourth-order valence-electron chi connectivity index (χ4n) is 0.913. The van der Waals surface area contributed by atoms with Gasteiger partial charge in [0.05, 0.1) is 0 Å². The van der Waals surface area contributed by atoms with Crippen molar-refractivity contribution >= 4 is 20.7 Å². The minimum absolute atomic E-state index is 0.537. The number of halogens is 1. The maximum atomic E-state index is 7.13. The zero-order valence-electron chi connectivity index (χ0n) is 4.65. The molecule has 0 aromatic rings. The molecule has 3 heteroatoms. The summed E-state index contributed by atoms with van der Waals surface area (Å²) in [5.41, 5.74) is 0. The standard InChI is InChI=1S/C5H9BrN2/c6-5(7)8-3-1-2-4-8/h7H,1-4H2. The second kappa shape index (κ2) is 2.49. The summed E-state index contributed by atoms with van der Waals surface area (Å²) >= 11 is 3.11. The molecule has 0 aliphatic carbocycles. The van der Waals surface area contributed by atoms with E-state index in [-0.39, 0.29) is 0 Å². The van der Waals surface area contributed by atoms with E-state index in [1.54, 1.807) is 0 Å². The van der Waals surface area contributed by atoms with Gasteiger partial charge in [0.25, 0.3) is 0 Å². The summed E-state index contributed by atoms with van der Waals surface area (Å²) < 4.78 is 0.537. The van der Waals surface area contributed by atoms with Crippen LogP contribution in [-0.4, -0.2) is 22.7 Å². The minimum Gasteiger partial charge on any atom is -0.351 e. The van der Waals surface area contributed by atoms with Crippen LogP contribution in [0.15, 0.2) is 0 Å². The van der Waals surface area contributed by atoms with Gasteiger partial charge in [0.15, 0.2) is 4.74 Å². The Hall–Kier alpha value is -0.0500. The summed E-state index contributed by atoms with van der Waals surface area (Å²) in [5.74, 6) is 0. The van der Waals surface area contributed by atoms with E-state index in [1.165, 1.54) is 12.8 Å². The van der Waals surface area contributed by atoms with Crippen molar-refractivity contribution in [2.24, 2.45) is 0 Å². The lowest BCUT2D eigenvalue weighted by Gasteiger charge is -2.11. The SMILES string of the molecule is N=C(Br)N1CCCC1. The molecule has 8 heavy (non-hydrogen) atoms. The predicted octanol–water partition coefficient (Wildman–Crippen LogP) is 1.41. The van der Waals surface area contributed by atoms with Crippen LogP contribution in [0.1, 0.15) is 12.8 Å². The van der Waals surface area contributed by atoms with Gasteiger partial charge in [-0.2, -0.15) is 0 Å². The van der Waals surface area contributed by atoms with Crippen LogP contribution in [0, 0.1) is 5.41 Å². The topological polar surface area (TPSA) is 27.1 Å². The summed E-state index contributed by atoms with van der Waals surface area (Å²) in [6.07, 6.45) is 2.49. The lowest BCUT2D eigenvalue weighted by atomic mass is 10.4. The Morgan fingerprint density at radius 2 is 1.88 bits per heavy atom. The van der Waals surface area contributed by atoms with E-state index in [1.807, 2.05) is 4.90 Å². The van der Waals surface area contributed by atoms with E-state index in [0.717, 1.165) is 13.1 Å². The van der Waals surface area contributed by atoms with Gasteiger partial charge in [-0.15, -0.1) is 0 Å². The zero-order chi connectivity index (χ0) is 5.98. The van der Waals surface area contributed by atoms with E-state index in [9.17, 15) is 0 Å². The quantitative estimate of drug-likeness (QED) is 0.338. The molecule has 0 aromatic carbocycles. The van der Waals surface area contributed by atoms with E-state index in [0.29, 0.717) is 4.74 Å². The largest absolute Gasteiger partial charge is 0.351 e. The molecule has 0 aromatic heterocycles. The number of rotatable bonds is 0. The molecule has 0 atom stereocenters. The van der Waals surface area contributed by atoms with Crippen molar-refractivity contribution in [2.75, 3.05) is 13.1 Å². The molecule has 1 heterocycles. The molecule has 1 N–H and O–H groups in total. The lowest BCUT2D eigenvalue weighted by molar-refractivity contribution is 0.528. The van der Waals surface area contributed by atoms with Crippen LogP contribution < -0.4 is 0 Å². The summed E-state index contributed by atoms with van der Waals surface area (Å²) in [6, 6.07) is 0. The first-order valence-electron chi connectivity index (χ1n) is 2.80. The molecular formula is C5H9BrN2. The first kappa shape index (κ1) is 6.08. The predicted molar refractivity (Wildman–Crippen MR) is 37.5 cm³/mol. The van der Waals surface area contributed by atoms with Crippen molar-refractivity contribution in [3.05, 3.63) is 0 Å². The Morgan fingerprint density at radius 1 is 1.38 bits per heavy atom. The summed E-state index contributed by atoms with van der Waals surface area (Å²) in [7, 11) is 0. The van der Waals surface area contributed by atoms with Crippen LogP contribution in [0.25, 0.3) is 0 Å². The maximum absolute atomic E-state index is 7.13. The van der Waals surface area contributed by atoms with Crippen molar-refractivity contribution in [1.29, 1.82) is 5.41 Å². The molecule has 1 aliphatic rings. The molecule has 0 bridgehead atoms. The van der Waals surface area contributed by atoms with Crippen LogP contribution in [0.2, 0.25) is 0 Å². The van der Waals surface area contributed by atoms with Gasteiger partial charge in [-0.3, -0.25) is 5.41 Å². The summed E-state index contributed by atoms with van der Waals surface area (Å²) in [5, 5.41) is 7.13. The molecule has 1 saturated heterocycles. The van der Waals surface area contributed by atoms with Gasteiger partial charge < -0.3 is 4.90 Å². The highest BCUT2D eigenvalue weighted by molar-refractivity contribution is 9.18. The number of amidine groups is 1. The minimum atomic E-state index is 0.537. The molecular weight excluding hydrogens is 168 g/mol. The third-order valence-electron chi connectivity index (χ3n) is 1.38. The molecule has 0 amide bonds. The smallest absolute Gasteiger partial charge is 0.165 e. The highest BCUT2D eigenvalue weighted by Gasteiger charge is 2.11. The Bertz CT molecular complexity index is 96.6. The lowest BCUT2D eigenvalue weighted by Crippen LogP contribution is -2.21. The second-order valence-corrected chi connectivity index (χ2v) is 2.74. The van der Waals surface area contributed by atoms with Crippen molar-refractivity contribution in [2.45, 2.75) is 12.8 Å². The van der Waals surface area contributed by atoms with Gasteiger partial charge in [0, 0.05) is 13.1 Å². The van der Waals surface area contributed by atoms with Gasteiger partial charge in [0.2, 0.25) is 0 Å². The number of hydrogen-bond donors (Lipinski definition) is 1. The van der Waals surface area contributed by atoms with Gasteiger partial charge in [-0.1, -0.05) is 0 Å². The van der Waals surface area contributed by atoms with E-state index in [2.05, 4.69) is 15.9 Å². The van der Waals surface area contributed by atoms with E-state index >= 15 is 0 Å². The van der Waals surface area contributed by atoms with Crippen molar-refractivity contribution in [3.8, 4) is 0 Å². The van der Waals surface area contributed by atoms with E-state index < -0.39 is 0 Å². The molecule has 1 rings (SSSR count). The average Bonchev–Trinajstić information content (AvgIpc) is 2.12. The number of nitrogens with one attached hydrogen (secondary N) is 1. The second-order valence-electron chi connectivity index (χ2n) is 1.98. The Labute approximate surface area is 57.5 Å². The Kier molecular flexibility index (Phi) is 1.89. The van der Waals surface area contributed by atoms with Crippen molar-refractivity contribution in [3.63, 3.8) is 0 Å². The van der Waals surface area contributed by atoms with Gasteiger partial charge in [-0.25, -0.2) is 0 Å². The molecule has 2 nitrogen and oxygen atoms in total. The molecule has 0 radical (unpaired) electrons. The molecule has 46 valence electrons.